The first-order valence-corrected chi connectivity index (χ1v) is 10.5. The number of likely N-dealkylation sites (N-methyl/N-ethyl adjacent to an activating group) is 1. The monoisotopic (exact) mass is 404 g/mol. The van der Waals surface area contributed by atoms with Crippen molar-refractivity contribution in [3.8, 4) is 5.69 Å². The van der Waals surface area contributed by atoms with Gasteiger partial charge in [-0.15, -0.1) is 0 Å². The molecule has 4 aromatic rings. The van der Waals surface area contributed by atoms with E-state index in [9.17, 15) is 4.79 Å². The molecule has 0 saturated carbocycles. The lowest BCUT2D eigenvalue weighted by atomic mass is 10.1. The first-order valence-electron chi connectivity index (χ1n) is 9.56. The number of carbonyl (C=O) groups is 1. The van der Waals surface area contributed by atoms with Gasteiger partial charge >= 0.3 is 0 Å². The molecule has 0 spiro atoms. The third-order valence-electron chi connectivity index (χ3n) is 5.11. The molecule has 0 aliphatic heterocycles. The normalized spacial score (nSPS) is 12.4. The second-order valence-electron chi connectivity index (χ2n) is 7.28. The summed E-state index contributed by atoms with van der Waals surface area (Å²) in [5, 5.41) is 7.27. The number of rotatable bonds is 6. The van der Waals surface area contributed by atoms with E-state index in [0.717, 1.165) is 22.5 Å². The molecule has 0 fully saturated rings. The molecular weight excluding hydrogens is 380 g/mol. The van der Waals surface area contributed by atoms with Crippen molar-refractivity contribution in [2.75, 3.05) is 20.6 Å². The summed E-state index contributed by atoms with van der Waals surface area (Å²) in [4.78, 5) is 19.6. The molecule has 5 nitrogen and oxygen atoms in total. The number of imidazole rings is 1. The van der Waals surface area contributed by atoms with E-state index in [-0.39, 0.29) is 11.9 Å². The fourth-order valence-corrected chi connectivity index (χ4v) is 4.31. The Morgan fingerprint density at radius 3 is 2.66 bits per heavy atom. The Morgan fingerprint density at radius 2 is 1.97 bits per heavy atom. The van der Waals surface area contributed by atoms with Crippen LogP contribution in [0, 0.1) is 6.92 Å². The molecule has 0 saturated heterocycles. The number of hydrogen-bond donors (Lipinski definition) is 1. The van der Waals surface area contributed by atoms with E-state index in [1.165, 1.54) is 5.56 Å². The summed E-state index contributed by atoms with van der Waals surface area (Å²) < 4.78 is 2.11. The van der Waals surface area contributed by atoms with Gasteiger partial charge in [0.2, 0.25) is 0 Å². The van der Waals surface area contributed by atoms with Crippen LogP contribution in [0.25, 0.3) is 16.7 Å². The molecule has 1 atom stereocenters. The minimum Gasteiger partial charge on any atom is -0.350 e. The Labute approximate surface area is 174 Å². The quantitative estimate of drug-likeness (QED) is 0.517. The van der Waals surface area contributed by atoms with Crippen molar-refractivity contribution in [3.05, 3.63) is 82.3 Å². The van der Waals surface area contributed by atoms with E-state index < -0.39 is 0 Å². The number of nitrogens with zero attached hydrogens (tertiary/aromatic N) is 3. The maximum atomic E-state index is 12.8. The predicted molar refractivity (Wildman–Crippen MR) is 119 cm³/mol. The van der Waals surface area contributed by atoms with Crippen LogP contribution in [0.5, 0.6) is 0 Å². The number of thiophene rings is 1. The lowest BCUT2D eigenvalue weighted by molar-refractivity contribution is 0.0942. The highest BCUT2D eigenvalue weighted by Gasteiger charge is 2.17. The van der Waals surface area contributed by atoms with E-state index in [1.54, 1.807) is 11.3 Å². The number of nitrogens with one attached hydrogen (secondary N) is 1. The zero-order valence-electron chi connectivity index (χ0n) is 16.8. The maximum absolute atomic E-state index is 12.8. The predicted octanol–water partition coefficient (Wildman–Crippen LogP) is 4.43. The van der Waals surface area contributed by atoms with Gasteiger partial charge in [-0.05, 0) is 73.7 Å². The van der Waals surface area contributed by atoms with Crippen LogP contribution in [0.2, 0.25) is 0 Å². The number of amides is 1. The fraction of sp³-hybridized carbons (Fsp3) is 0.217. The van der Waals surface area contributed by atoms with E-state index >= 15 is 0 Å². The van der Waals surface area contributed by atoms with Gasteiger partial charge in [0.25, 0.3) is 5.91 Å². The highest BCUT2D eigenvalue weighted by molar-refractivity contribution is 7.08. The average Bonchev–Trinajstić information content (AvgIpc) is 3.35. The Hall–Kier alpha value is -2.96. The van der Waals surface area contributed by atoms with Gasteiger partial charge in [0.05, 0.1) is 17.1 Å². The van der Waals surface area contributed by atoms with E-state index in [4.69, 9.17) is 0 Å². The number of fused-ring (bicyclic) bond motifs is 1. The first kappa shape index (κ1) is 19.4. The molecular formula is C23H24N4OS. The fourth-order valence-electron chi connectivity index (χ4n) is 3.60. The molecule has 29 heavy (non-hydrogen) atoms. The van der Waals surface area contributed by atoms with Crippen molar-refractivity contribution in [2.24, 2.45) is 0 Å². The lowest BCUT2D eigenvalue weighted by Crippen LogP contribution is -2.34. The molecule has 2 aromatic heterocycles. The van der Waals surface area contributed by atoms with Crippen LogP contribution in [0.1, 0.15) is 27.8 Å². The molecule has 2 heterocycles. The lowest BCUT2D eigenvalue weighted by Gasteiger charge is -2.24. The van der Waals surface area contributed by atoms with Gasteiger partial charge < -0.3 is 10.2 Å². The molecule has 0 bridgehead atoms. The van der Waals surface area contributed by atoms with Gasteiger partial charge in [0, 0.05) is 17.8 Å². The zero-order valence-corrected chi connectivity index (χ0v) is 17.6. The van der Waals surface area contributed by atoms with Crippen molar-refractivity contribution >= 4 is 28.3 Å². The molecule has 0 aliphatic carbocycles. The number of para-hydroxylation sites is 1. The summed E-state index contributed by atoms with van der Waals surface area (Å²) in [7, 11) is 4.05. The number of hydrogen-bond acceptors (Lipinski definition) is 4. The Morgan fingerprint density at radius 1 is 1.17 bits per heavy atom. The summed E-state index contributed by atoms with van der Waals surface area (Å²) in [5.41, 5.74) is 4.72. The van der Waals surface area contributed by atoms with Gasteiger partial charge in [-0.1, -0.05) is 18.2 Å². The highest BCUT2D eigenvalue weighted by Crippen LogP contribution is 2.23. The van der Waals surface area contributed by atoms with Crippen LogP contribution in [0.4, 0.5) is 0 Å². The van der Waals surface area contributed by atoms with Gasteiger partial charge in [0.15, 0.2) is 0 Å². The molecule has 2 aromatic carbocycles. The molecule has 1 unspecified atom stereocenters. The maximum Gasteiger partial charge on any atom is 0.251 e. The van der Waals surface area contributed by atoms with E-state index in [0.29, 0.717) is 12.1 Å². The first-order chi connectivity index (χ1) is 14.0. The summed E-state index contributed by atoms with van der Waals surface area (Å²) >= 11 is 1.67. The molecule has 4 rings (SSSR count). The van der Waals surface area contributed by atoms with Gasteiger partial charge in [-0.25, -0.2) is 4.98 Å². The molecule has 0 radical (unpaired) electrons. The van der Waals surface area contributed by atoms with Crippen molar-refractivity contribution in [2.45, 2.75) is 13.0 Å². The minimum absolute atomic E-state index is 0.0825. The summed E-state index contributed by atoms with van der Waals surface area (Å²) in [6.45, 7) is 2.54. The third kappa shape index (κ3) is 3.95. The van der Waals surface area contributed by atoms with Crippen molar-refractivity contribution in [3.63, 3.8) is 0 Å². The Kier molecular flexibility index (Phi) is 5.47. The van der Waals surface area contributed by atoms with Crippen LogP contribution in [0.3, 0.4) is 0 Å². The Bertz CT molecular complexity index is 1120. The minimum atomic E-state index is -0.0825. The average molecular weight is 405 g/mol. The number of carbonyl (C=O) groups excluding carboxylic acids is 1. The topological polar surface area (TPSA) is 50.2 Å². The smallest absolute Gasteiger partial charge is 0.251 e. The van der Waals surface area contributed by atoms with Crippen molar-refractivity contribution < 1.29 is 4.79 Å². The molecule has 148 valence electrons. The zero-order chi connectivity index (χ0) is 20.4. The standard InChI is InChI=1S/C23H24N4OS/c1-16-25-20-13-17(9-10-21(20)27(16)19-7-5-4-6-8-19)23(28)24-14-22(26(2)3)18-11-12-29-15-18/h4-13,15,22H,14H2,1-3H3,(H,24,28). The number of aryl methyl sites for hydroxylation is 1. The summed E-state index contributed by atoms with van der Waals surface area (Å²) in [6.07, 6.45) is 0. The van der Waals surface area contributed by atoms with Gasteiger partial charge in [-0.2, -0.15) is 11.3 Å². The second-order valence-corrected chi connectivity index (χ2v) is 8.06. The molecule has 1 N–H and O–H groups in total. The van der Waals surface area contributed by atoms with Crippen molar-refractivity contribution in [1.29, 1.82) is 0 Å². The van der Waals surface area contributed by atoms with Gasteiger partial charge in [0.1, 0.15) is 5.82 Å². The highest BCUT2D eigenvalue weighted by atomic mass is 32.1. The van der Waals surface area contributed by atoms with Crippen LogP contribution in [0.15, 0.2) is 65.4 Å². The second kappa shape index (κ2) is 8.19. The SMILES string of the molecule is Cc1nc2cc(C(=O)NCC(c3ccsc3)N(C)C)ccc2n1-c1ccccc1. The van der Waals surface area contributed by atoms with Crippen LogP contribution in [-0.2, 0) is 0 Å². The largest absolute Gasteiger partial charge is 0.350 e. The number of benzene rings is 2. The van der Waals surface area contributed by atoms with E-state index in [1.807, 2.05) is 57.4 Å². The Balaban J connectivity index is 1.56. The third-order valence-corrected chi connectivity index (χ3v) is 5.81. The van der Waals surface area contributed by atoms with E-state index in [2.05, 4.69) is 48.7 Å². The van der Waals surface area contributed by atoms with Crippen LogP contribution >= 0.6 is 11.3 Å². The van der Waals surface area contributed by atoms with Crippen molar-refractivity contribution in [1.82, 2.24) is 19.8 Å². The molecule has 1 amide bonds. The number of aromatic nitrogens is 2. The molecule has 6 heteroatoms. The molecule has 0 aliphatic rings. The van der Waals surface area contributed by atoms with Crippen LogP contribution in [-0.4, -0.2) is 41.0 Å². The van der Waals surface area contributed by atoms with Gasteiger partial charge in [-0.3, -0.25) is 9.36 Å². The summed E-state index contributed by atoms with van der Waals surface area (Å²) in [6, 6.07) is 18.1. The van der Waals surface area contributed by atoms with Crippen LogP contribution < -0.4 is 5.32 Å². The summed E-state index contributed by atoms with van der Waals surface area (Å²) in [5.74, 6) is 0.815.